The third-order valence-corrected chi connectivity index (χ3v) is 4.80. The van der Waals surface area contributed by atoms with Crippen LogP contribution in [0.15, 0.2) is 23.0 Å². The first-order chi connectivity index (χ1) is 11.8. The number of hydrogen-bond donors (Lipinski definition) is 1. The molecule has 3 rings (SSSR count). The summed E-state index contributed by atoms with van der Waals surface area (Å²) in [6.07, 6.45) is 0.817. The van der Waals surface area contributed by atoms with Crippen molar-refractivity contribution in [2.24, 2.45) is 0 Å². The molecule has 0 unspecified atom stereocenters. The number of hydrogen-bond acceptors (Lipinski definition) is 4. The molecule has 0 amide bonds. The van der Waals surface area contributed by atoms with Gasteiger partial charge in [0.2, 0.25) is 0 Å². The van der Waals surface area contributed by atoms with E-state index in [4.69, 9.17) is 9.72 Å². The van der Waals surface area contributed by atoms with Gasteiger partial charge in [0.15, 0.2) is 0 Å². The molecule has 1 aliphatic rings. The molecule has 1 aromatic carbocycles. The van der Waals surface area contributed by atoms with Crippen LogP contribution in [-0.2, 0) is 24.9 Å². The Morgan fingerprint density at radius 1 is 1.32 bits per heavy atom. The topological polar surface area (TPSA) is 58.2 Å². The van der Waals surface area contributed by atoms with Gasteiger partial charge in [-0.25, -0.2) is 4.98 Å². The Hall–Kier alpha value is -2.14. The van der Waals surface area contributed by atoms with Crippen LogP contribution in [0.2, 0.25) is 0 Å². The summed E-state index contributed by atoms with van der Waals surface area (Å²) in [6.45, 7) is 10.7. The van der Waals surface area contributed by atoms with Crippen molar-refractivity contribution in [1.29, 1.82) is 0 Å². The zero-order valence-corrected chi connectivity index (χ0v) is 15.8. The molecule has 25 heavy (non-hydrogen) atoms. The summed E-state index contributed by atoms with van der Waals surface area (Å²) in [4.78, 5) is 22.6. The normalized spacial score (nSPS) is 15.1. The number of benzene rings is 1. The fourth-order valence-corrected chi connectivity index (χ4v) is 3.18. The second-order valence-corrected chi connectivity index (χ2v) is 7.84. The highest BCUT2D eigenvalue weighted by atomic mass is 16.5. The Labute approximate surface area is 149 Å². The van der Waals surface area contributed by atoms with Gasteiger partial charge >= 0.3 is 0 Å². The summed E-state index contributed by atoms with van der Waals surface area (Å²) < 4.78 is 5.27. The van der Waals surface area contributed by atoms with E-state index >= 15 is 0 Å². The molecular weight excluding hydrogens is 314 g/mol. The molecule has 2 heterocycles. The molecule has 5 nitrogen and oxygen atoms in total. The number of H-pyrrole nitrogens is 1. The monoisotopic (exact) mass is 341 g/mol. The fraction of sp³-hybridized carbons (Fsp3) is 0.500. The summed E-state index contributed by atoms with van der Waals surface area (Å²) in [6, 6.07) is 6.15. The Morgan fingerprint density at radius 2 is 2.08 bits per heavy atom. The minimum atomic E-state index is -0.147. The van der Waals surface area contributed by atoms with Gasteiger partial charge in [0.25, 0.3) is 5.56 Å². The smallest absolute Gasteiger partial charge is 0.255 e. The van der Waals surface area contributed by atoms with Crippen LogP contribution in [0.5, 0.6) is 5.75 Å². The van der Waals surface area contributed by atoms with Crippen molar-refractivity contribution in [3.05, 3.63) is 56.8 Å². The van der Waals surface area contributed by atoms with Crippen molar-refractivity contribution < 1.29 is 4.74 Å². The summed E-state index contributed by atoms with van der Waals surface area (Å²) in [5, 5.41) is 0. The molecule has 134 valence electrons. The lowest BCUT2D eigenvalue weighted by Gasteiger charge is -2.29. The minimum Gasteiger partial charge on any atom is -0.497 e. The lowest BCUT2D eigenvalue weighted by atomic mass is 9.95. The molecule has 0 radical (unpaired) electrons. The van der Waals surface area contributed by atoms with Crippen LogP contribution in [0.3, 0.4) is 0 Å². The van der Waals surface area contributed by atoms with E-state index in [2.05, 4.69) is 49.7 Å². The number of nitrogens with one attached hydrogen (secondary N) is 1. The van der Waals surface area contributed by atoms with E-state index in [-0.39, 0.29) is 11.0 Å². The van der Waals surface area contributed by atoms with Crippen LogP contribution in [0, 0.1) is 6.92 Å². The van der Waals surface area contributed by atoms with Crippen molar-refractivity contribution in [1.82, 2.24) is 14.9 Å². The minimum absolute atomic E-state index is 0.00563. The number of aromatic amines is 1. The van der Waals surface area contributed by atoms with E-state index in [1.807, 2.05) is 6.07 Å². The molecule has 0 spiro atoms. The van der Waals surface area contributed by atoms with Crippen molar-refractivity contribution in [2.75, 3.05) is 13.7 Å². The van der Waals surface area contributed by atoms with Gasteiger partial charge in [0.1, 0.15) is 11.6 Å². The molecule has 0 bridgehead atoms. The molecule has 1 aromatic heterocycles. The van der Waals surface area contributed by atoms with E-state index in [1.165, 1.54) is 11.1 Å². The first-order valence-electron chi connectivity index (χ1n) is 8.76. The number of aryl methyl sites for hydroxylation is 1. The largest absolute Gasteiger partial charge is 0.497 e. The zero-order valence-electron chi connectivity index (χ0n) is 15.8. The van der Waals surface area contributed by atoms with E-state index < -0.39 is 0 Å². The Morgan fingerprint density at radius 3 is 2.72 bits per heavy atom. The standard InChI is InChI=1S/C20H27N3O2/c1-13-10-15(25-5)7-6-14(13)11-23-9-8-17-16(12-23)18(24)22-19(21-17)20(2,3)4/h6-7,10H,8-9,11-12H2,1-5H3,(H,21,22,24). The first-order valence-corrected chi connectivity index (χ1v) is 8.76. The summed E-state index contributed by atoms with van der Waals surface area (Å²) in [5.74, 6) is 1.65. The van der Waals surface area contributed by atoms with Crippen molar-refractivity contribution in [2.45, 2.75) is 52.6 Å². The van der Waals surface area contributed by atoms with E-state index in [0.29, 0.717) is 6.54 Å². The average Bonchev–Trinajstić information content (AvgIpc) is 2.56. The Balaban J connectivity index is 1.81. The van der Waals surface area contributed by atoms with Gasteiger partial charge in [0.05, 0.1) is 18.4 Å². The van der Waals surface area contributed by atoms with Crippen LogP contribution in [-0.4, -0.2) is 28.5 Å². The highest BCUT2D eigenvalue weighted by Gasteiger charge is 2.25. The van der Waals surface area contributed by atoms with Crippen LogP contribution in [0.25, 0.3) is 0 Å². The number of methoxy groups -OCH3 is 1. The maximum atomic E-state index is 12.5. The Kier molecular flexibility index (Phi) is 4.69. The second kappa shape index (κ2) is 6.64. The number of nitrogens with zero attached hydrogens (tertiary/aromatic N) is 2. The van der Waals surface area contributed by atoms with Crippen molar-refractivity contribution in [3.63, 3.8) is 0 Å². The molecule has 0 fully saturated rings. The third kappa shape index (κ3) is 3.76. The predicted octanol–water partition coefficient (Wildman–Crippen LogP) is 2.94. The predicted molar refractivity (Wildman–Crippen MR) is 99.1 cm³/mol. The van der Waals surface area contributed by atoms with Gasteiger partial charge in [-0.1, -0.05) is 26.8 Å². The molecular formula is C20H27N3O2. The first kappa shape index (κ1) is 17.7. The number of aromatic nitrogens is 2. The van der Waals surface area contributed by atoms with Gasteiger partial charge in [-0.2, -0.15) is 0 Å². The summed E-state index contributed by atoms with van der Waals surface area (Å²) in [7, 11) is 1.68. The van der Waals surface area contributed by atoms with Crippen LogP contribution < -0.4 is 10.3 Å². The fourth-order valence-electron chi connectivity index (χ4n) is 3.18. The molecule has 0 aliphatic carbocycles. The van der Waals surface area contributed by atoms with E-state index in [9.17, 15) is 4.79 Å². The number of fused-ring (bicyclic) bond motifs is 1. The zero-order chi connectivity index (χ0) is 18.2. The summed E-state index contributed by atoms with van der Waals surface area (Å²) >= 11 is 0. The van der Waals surface area contributed by atoms with E-state index in [0.717, 1.165) is 42.3 Å². The van der Waals surface area contributed by atoms with Gasteiger partial charge in [-0.15, -0.1) is 0 Å². The number of rotatable bonds is 3. The van der Waals surface area contributed by atoms with Crippen LogP contribution in [0.1, 0.15) is 49.0 Å². The van der Waals surface area contributed by atoms with Crippen LogP contribution >= 0.6 is 0 Å². The lowest BCUT2D eigenvalue weighted by Crippen LogP contribution is -2.37. The summed E-state index contributed by atoms with van der Waals surface area (Å²) in [5.41, 5.74) is 4.10. The van der Waals surface area contributed by atoms with Crippen LogP contribution in [0.4, 0.5) is 0 Å². The number of ether oxygens (including phenoxy) is 1. The quantitative estimate of drug-likeness (QED) is 0.932. The van der Waals surface area contributed by atoms with Gasteiger partial charge in [-0.05, 0) is 30.2 Å². The second-order valence-electron chi connectivity index (χ2n) is 7.84. The molecule has 1 aliphatic heterocycles. The lowest BCUT2D eigenvalue weighted by molar-refractivity contribution is 0.240. The highest BCUT2D eigenvalue weighted by molar-refractivity contribution is 5.35. The highest BCUT2D eigenvalue weighted by Crippen LogP contribution is 2.23. The SMILES string of the molecule is COc1ccc(CN2CCc3nc(C(C)(C)C)[nH]c(=O)c3C2)c(C)c1. The molecule has 1 N–H and O–H groups in total. The van der Waals surface area contributed by atoms with E-state index in [1.54, 1.807) is 7.11 Å². The third-order valence-electron chi connectivity index (χ3n) is 4.80. The van der Waals surface area contributed by atoms with Crippen molar-refractivity contribution >= 4 is 0 Å². The van der Waals surface area contributed by atoms with Gasteiger partial charge in [0, 0.05) is 31.5 Å². The molecule has 0 saturated carbocycles. The maximum absolute atomic E-state index is 12.5. The molecule has 0 saturated heterocycles. The molecule has 5 heteroatoms. The maximum Gasteiger partial charge on any atom is 0.255 e. The van der Waals surface area contributed by atoms with Gasteiger partial charge < -0.3 is 9.72 Å². The molecule has 0 atom stereocenters. The van der Waals surface area contributed by atoms with Gasteiger partial charge in [-0.3, -0.25) is 9.69 Å². The van der Waals surface area contributed by atoms with Crippen molar-refractivity contribution in [3.8, 4) is 5.75 Å². The average molecular weight is 341 g/mol. The molecule has 2 aromatic rings. The Bertz CT molecular complexity index is 834.